The summed E-state index contributed by atoms with van der Waals surface area (Å²) in [5.41, 5.74) is 0. The Hall–Kier alpha value is -3.22. The van der Waals surface area contributed by atoms with Crippen molar-refractivity contribution in [3.8, 4) is 23.0 Å². The van der Waals surface area contributed by atoms with E-state index < -0.39 is 11.8 Å². The van der Waals surface area contributed by atoms with Gasteiger partial charge in [0.1, 0.15) is 23.0 Å². The van der Waals surface area contributed by atoms with Crippen LogP contribution >= 0.6 is 0 Å². The van der Waals surface area contributed by atoms with E-state index in [-0.39, 0.29) is 5.75 Å². The number of benzene rings is 2. The Labute approximate surface area is 253 Å². The van der Waals surface area contributed by atoms with Gasteiger partial charge in [0, 0.05) is 13.1 Å². The van der Waals surface area contributed by atoms with Crippen LogP contribution in [-0.2, 0) is 9.59 Å². The third-order valence-corrected chi connectivity index (χ3v) is 7.29. The van der Waals surface area contributed by atoms with Crippen LogP contribution in [0.15, 0.2) is 48.5 Å². The summed E-state index contributed by atoms with van der Waals surface area (Å²) in [5, 5.41) is 14.8. The molecule has 0 saturated heterocycles. The highest BCUT2D eigenvalue weighted by molar-refractivity contribution is 6.35. The summed E-state index contributed by atoms with van der Waals surface area (Å²) in [7, 11) is 0. The molecule has 0 bridgehead atoms. The second kappa shape index (κ2) is 23.4. The standard InChI is InChI=1S/C35H54N2O5/c1-2-3-4-5-6-10-13-16-27-36-34(39)35(40)37-28-17-14-11-8-7-9-12-15-18-29-41-31-23-25-33(26-24-31)42-32-21-19-30(38)20-22-32/h19-26,38H,2-18,27-29H2,1H3,(H,36,39)(H,37,40). The van der Waals surface area contributed by atoms with E-state index in [4.69, 9.17) is 9.47 Å². The molecule has 0 atom stereocenters. The molecular weight excluding hydrogens is 528 g/mol. The minimum Gasteiger partial charge on any atom is -0.508 e. The lowest BCUT2D eigenvalue weighted by molar-refractivity contribution is -0.139. The van der Waals surface area contributed by atoms with E-state index in [2.05, 4.69) is 17.6 Å². The maximum absolute atomic E-state index is 11.9. The number of phenols is 1. The van der Waals surface area contributed by atoms with Crippen molar-refractivity contribution in [1.29, 1.82) is 0 Å². The molecule has 0 aromatic heterocycles. The van der Waals surface area contributed by atoms with Crippen LogP contribution in [0.4, 0.5) is 0 Å². The van der Waals surface area contributed by atoms with Gasteiger partial charge < -0.3 is 25.2 Å². The molecule has 0 aliphatic heterocycles. The molecule has 42 heavy (non-hydrogen) atoms. The van der Waals surface area contributed by atoms with E-state index in [9.17, 15) is 14.7 Å². The maximum atomic E-state index is 11.9. The van der Waals surface area contributed by atoms with Gasteiger partial charge in [-0.05, 0) is 67.8 Å². The zero-order chi connectivity index (χ0) is 30.1. The molecule has 0 spiro atoms. The van der Waals surface area contributed by atoms with Crippen LogP contribution in [0, 0.1) is 0 Å². The average Bonchev–Trinajstić information content (AvgIpc) is 3.00. The smallest absolute Gasteiger partial charge is 0.309 e. The predicted octanol–water partition coefficient (Wildman–Crippen LogP) is 8.45. The summed E-state index contributed by atoms with van der Waals surface area (Å²) in [6.07, 6.45) is 20.0. The van der Waals surface area contributed by atoms with Crippen molar-refractivity contribution < 1.29 is 24.2 Å². The summed E-state index contributed by atoms with van der Waals surface area (Å²) < 4.78 is 11.6. The fourth-order valence-corrected chi connectivity index (χ4v) is 4.73. The monoisotopic (exact) mass is 582 g/mol. The number of phenolic OH excluding ortho intramolecular Hbond substituents is 1. The second-order valence-corrected chi connectivity index (χ2v) is 11.1. The Morgan fingerprint density at radius 1 is 0.548 bits per heavy atom. The Kier molecular flexibility index (Phi) is 19.4. The van der Waals surface area contributed by atoms with Gasteiger partial charge in [0.25, 0.3) is 0 Å². The molecule has 0 heterocycles. The van der Waals surface area contributed by atoms with Gasteiger partial charge in [-0.1, -0.05) is 96.8 Å². The fourth-order valence-electron chi connectivity index (χ4n) is 4.73. The van der Waals surface area contributed by atoms with Crippen LogP contribution in [-0.4, -0.2) is 36.6 Å². The van der Waals surface area contributed by atoms with E-state index in [1.807, 2.05) is 24.3 Å². The highest BCUT2D eigenvalue weighted by Gasteiger charge is 2.11. The first kappa shape index (κ1) is 35.0. The normalized spacial score (nSPS) is 10.8. The SMILES string of the molecule is CCCCCCCCCCNC(=O)C(=O)NCCCCCCCCCCCOc1ccc(Oc2ccc(O)cc2)cc1. The van der Waals surface area contributed by atoms with Gasteiger partial charge in [0.05, 0.1) is 6.61 Å². The number of nitrogens with one attached hydrogen (secondary N) is 2. The lowest BCUT2D eigenvalue weighted by Crippen LogP contribution is -2.40. The third-order valence-electron chi connectivity index (χ3n) is 7.29. The Bertz CT molecular complexity index is 962. The van der Waals surface area contributed by atoms with E-state index >= 15 is 0 Å². The number of ether oxygens (including phenoxy) is 2. The van der Waals surface area contributed by atoms with Crippen LogP contribution in [0.2, 0.25) is 0 Å². The van der Waals surface area contributed by atoms with Crippen LogP contribution < -0.4 is 20.1 Å². The van der Waals surface area contributed by atoms with Crippen molar-refractivity contribution in [2.24, 2.45) is 0 Å². The zero-order valence-corrected chi connectivity index (χ0v) is 25.8. The maximum Gasteiger partial charge on any atom is 0.309 e. The Morgan fingerprint density at radius 3 is 1.40 bits per heavy atom. The molecule has 0 fully saturated rings. The molecule has 7 heteroatoms. The quantitative estimate of drug-likeness (QED) is 0.0852. The van der Waals surface area contributed by atoms with Crippen molar-refractivity contribution in [3.05, 3.63) is 48.5 Å². The zero-order valence-electron chi connectivity index (χ0n) is 25.8. The molecule has 2 rings (SSSR count). The molecule has 2 aromatic rings. The van der Waals surface area contributed by atoms with E-state index in [0.29, 0.717) is 25.4 Å². The summed E-state index contributed by atoms with van der Waals surface area (Å²) in [4.78, 5) is 23.8. The molecule has 0 radical (unpaired) electrons. The number of carbonyl (C=O) groups excluding carboxylic acids is 2. The molecular formula is C35H54N2O5. The number of hydrogen-bond donors (Lipinski definition) is 3. The second-order valence-electron chi connectivity index (χ2n) is 11.1. The van der Waals surface area contributed by atoms with Crippen LogP contribution in [0.25, 0.3) is 0 Å². The average molecular weight is 583 g/mol. The summed E-state index contributed by atoms with van der Waals surface area (Å²) >= 11 is 0. The fraction of sp³-hybridized carbons (Fsp3) is 0.600. The van der Waals surface area contributed by atoms with Gasteiger partial charge in [-0.3, -0.25) is 9.59 Å². The molecule has 234 valence electrons. The number of amides is 2. The third kappa shape index (κ3) is 17.6. The number of hydrogen-bond acceptors (Lipinski definition) is 5. The molecule has 0 aliphatic carbocycles. The predicted molar refractivity (Wildman–Crippen MR) is 170 cm³/mol. The van der Waals surface area contributed by atoms with Gasteiger partial charge in [-0.15, -0.1) is 0 Å². The minimum absolute atomic E-state index is 0.216. The molecule has 7 nitrogen and oxygen atoms in total. The molecule has 0 aliphatic rings. The number of unbranched alkanes of at least 4 members (excludes halogenated alkanes) is 15. The van der Waals surface area contributed by atoms with E-state index in [0.717, 1.165) is 56.4 Å². The van der Waals surface area contributed by atoms with Crippen LogP contribution in [0.1, 0.15) is 116 Å². The molecule has 2 amide bonds. The molecule has 2 aromatic carbocycles. The van der Waals surface area contributed by atoms with Gasteiger partial charge in [0.2, 0.25) is 0 Å². The molecule has 0 unspecified atom stereocenters. The van der Waals surface area contributed by atoms with Crippen molar-refractivity contribution in [2.45, 2.75) is 116 Å². The summed E-state index contributed by atoms with van der Waals surface area (Å²) in [6, 6.07) is 14.2. The van der Waals surface area contributed by atoms with E-state index in [1.165, 1.54) is 64.2 Å². The topological polar surface area (TPSA) is 96.9 Å². The molecule has 0 saturated carbocycles. The van der Waals surface area contributed by atoms with Crippen LogP contribution in [0.5, 0.6) is 23.0 Å². The van der Waals surface area contributed by atoms with E-state index in [1.54, 1.807) is 24.3 Å². The molecule has 3 N–H and O–H groups in total. The lowest BCUT2D eigenvalue weighted by atomic mass is 10.1. The van der Waals surface area contributed by atoms with Gasteiger partial charge in [0.15, 0.2) is 0 Å². The lowest BCUT2D eigenvalue weighted by Gasteiger charge is -2.09. The highest BCUT2D eigenvalue weighted by Crippen LogP contribution is 2.25. The first-order valence-corrected chi connectivity index (χ1v) is 16.3. The van der Waals surface area contributed by atoms with Gasteiger partial charge in [-0.25, -0.2) is 0 Å². The van der Waals surface area contributed by atoms with Crippen molar-refractivity contribution >= 4 is 11.8 Å². The van der Waals surface area contributed by atoms with Crippen LogP contribution in [0.3, 0.4) is 0 Å². The Balaban J connectivity index is 1.33. The highest BCUT2D eigenvalue weighted by atomic mass is 16.5. The van der Waals surface area contributed by atoms with Crippen molar-refractivity contribution in [1.82, 2.24) is 10.6 Å². The first-order chi connectivity index (χ1) is 20.6. The summed E-state index contributed by atoms with van der Waals surface area (Å²) in [6.45, 7) is 4.09. The number of carbonyl (C=O) groups is 2. The first-order valence-electron chi connectivity index (χ1n) is 16.3. The van der Waals surface area contributed by atoms with Gasteiger partial charge in [-0.2, -0.15) is 0 Å². The largest absolute Gasteiger partial charge is 0.508 e. The Morgan fingerprint density at radius 2 is 0.929 bits per heavy atom. The number of aromatic hydroxyl groups is 1. The van der Waals surface area contributed by atoms with Crippen molar-refractivity contribution in [2.75, 3.05) is 19.7 Å². The minimum atomic E-state index is -0.504. The van der Waals surface area contributed by atoms with Crippen molar-refractivity contribution in [3.63, 3.8) is 0 Å². The van der Waals surface area contributed by atoms with Gasteiger partial charge >= 0.3 is 11.8 Å². The number of rotatable bonds is 24. The summed E-state index contributed by atoms with van der Waals surface area (Å²) in [5.74, 6) is 1.45.